The molecule has 0 spiro atoms. The highest BCUT2D eigenvalue weighted by molar-refractivity contribution is 5.82. The second-order valence-corrected chi connectivity index (χ2v) is 2.76. The summed E-state index contributed by atoms with van der Waals surface area (Å²) in [6.45, 7) is 4.26. The van der Waals surface area contributed by atoms with E-state index in [1.165, 1.54) is 6.08 Å². The van der Waals surface area contributed by atoms with Crippen molar-refractivity contribution in [3.05, 3.63) is 11.8 Å². The Kier molecular flexibility index (Phi) is 6.15. The smallest absolute Gasteiger partial charge is 0.332 e. The van der Waals surface area contributed by atoms with Gasteiger partial charge in [0.15, 0.2) is 0 Å². The molecule has 0 aromatic rings. The summed E-state index contributed by atoms with van der Waals surface area (Å²) in [5.74, 6) is -0.342. The van der Waals surface area contributed by atoms with Gasteiger partial charge in [0.05, 0.1) is 6.61 Å². The van der Waals surface area contributed by atoms with E-state index >= 15 is 0 Å². The Morgan fingerprint density at radius 2 is 2.17 bits per heavy atom. The van der Waals surface area contributed by atoms with Crippen LogP contribution in [0.5, 0.6) is 0 Å². The maximum Gasteiger partial charge on any atom is 0.332 e. The molecule has 0 aromatic carbocycles. The lowest BCUT2D eigenvalue weighted by atomic mass is 10.3. The van der Waals surface area contributed by atoms with Crippen molar-refractivity contribution in [2.75, 3.05) is 6.61 Å². The van der Waals surface area contributed by atoms with Crippen LogP contribution in [0.3, 0.4) is 0 Å². The predicted molar refractivity (Wildman–Crippen MR) is 48.4 cm³/mol. The molecule has 2 N–H and O–H groups in total. The van der Waals surface area contributed by atoms with Gasteiger partial charge in [0, 0.05) is 11.8 Å². The zero-order valence-corrected chi connectivity index (χ0v) is 7.80. The molecule has 0 heterocycles. The van der Waals surface area contributed by atoms with Gasteiger partial charge in [0.25, 0.3) is 0 Å². The Morgan fingerprint density at radius 1 is 1.50 bits per heavy atom. The van der Waals surface area contributed by atoms with Crippen LogP contribution in [0, 0.1) is 0 Å². The van der Waals surface area contributed by atoms with Crippen LogP contribution in [0.4, 0.5) is 0 Å². The second kappa shape index (κ2) is 6.70. The van der Waals surface area contributed by atoms with E-state index in [9.17, 15) is 4.79 Å². The van der Waals surface area contributed by atoms with Gasteiger partial charge in [-0.1, -0.05) is 19.8 Å². The van der Waals surface area contributed by atoms with E-state index in [2.05, 4.69) is 6.92 Å². The molecule has 3 nitrogen and oxygen atoms in total. The molecule has 0 aliphatic heterocycles. The zero-order valence-electron chi connectivity index (χ0n) is 7.80. The van der Waals surface area contributed by atoms with Gasteiger partial charge in [-0.3, -0.25) is 0 Å². The van der Waals surface area contributed by atoms with Crippen molar-refractivity contribution in [1.29, 1.82) is 0 Å². The van der Waals surface area contributed by atoms with E-state index in [0.29, 0.717) is 12.3 Å². The Hall–Kier alpha value is -0.990. The highest BCUT2D eigenvalue weighted by atomic mass is 16.5. The molecule has 0 radical (unpaired) electrons. The molecule has 0 fully saturated rings. The molecule has 0 saturated heterocycles. The van der Waals surface area contributed by atoms with E-state index in [0.717, 1.165) is 19.3 Å². The van der Waals surface area contributed by atoms with Crippen LogP contribution in [-0.4, -0.2) is 12.6 Å². The number of hydrogen-bond donors (Lipinski definition) is 1. The number of allylic oxidation sites excluding steroid dienone is 1. The summed E-state index contributed by atoms with van der Waals surface area (Å²) in [6.07, 6.45) is 4.45. The fraction of sp³-hybridized carbons (Fsp3) is 0.667. The quantitative estimate of drug-likeness (QED) is 0.388. The van der Waals surface area contributed by atoms with E-state index in [1.807, 2.05) is 0 Å². The topological polar surface area (TPSA) is 52.3 Å². The lowest BCUT2D eigenvalue weighted by molar-refractivity contribution is -0.137. The summed E-state index contributed by atoms with van der Waals surface area (Å²) in [5, 5.41) is 0. The number of esters is 1. The number of carbonyl (C=O) groups is 1. The third-order valence-corrected chi connectivity index (χ3v) is 1.34. The number of unbranched alkanes of at least 4 members (excludes halogenated alkanes) is 2. The van der Waals surface area contributed by atoms with Crippen molar-refractivity contribution in [2.45, 2.75) is 33.1 Å². The molecule has 0 aliphatic rings. The van der Waals surface area contributed by atoms with E-state index in [1.54, 1.807) is 6.92 Å². The minimum atomic E-state index is -0.342. The first kappa shape index (κ1) is 11.0. The summed E-state index contributed by atoms with van der Waals surface area (Å²) in [4.78, 5) is 10.8. The minimum Gasteiger partial charge on any atom is -0.462 e. The van der Waals surface area contributed by atoms with E-state index < -0.39 is 0 Å². The highest BCUT2D eigenvalue weighted by Crippen LogP contribution is 1.95. The number of carbonyl (C=O) groups excluding carboxylic acids is 1. The molecule has 3 heteroatoms. The summed E-state index contributed by atoms with van der Waals surface area (Å²) in [5.41, 5.74) is 5.77. The third-order valence-electron chi connectivity index (χ3n) is 1.34. The number of ether oxygens (including phenoxy) is 1. The van der Waals surface area contributed by atoms with Crippen molar-refractivity contribution >= 4 is 5.97 Å². The van der Waals surface area contributed by atoms with Gasteiger partial charge in [-0.05, 0) is 13.3 Å². The third kappa shape index (κ3) is 7.12. The Morgan fingerprint density at radius 3 is 2.67 bits per heavy atom. The van der Waals surface area contributed by atoms with Crippen molar-refractivity contribution in [2.24, 2.45) is 5.73 Å². The highest BCUT2D eigenvalue weighted by Gasteiger charge is 1.96. The van der Waals surface area contributed by atoms with Crippen molar-refractivity contribution in [1.82, 2.24) is 0 Å². The molecule has 0 saturated carbocycles. The van der Waals surface area contributed by atoms with Gasteiger partial charge in [0.1, 0.15) is 0 Å². The fourth-order valence-corrected chi connectivity index (χ4v) is 0.752. The van der Waals surface area contributed by atoms with Crippen molar-refractivity contribution in [3.8, 4) is 0 Å². The molecule has 0 bridgehead atoms. The van der Waals surface area contributed by atoms with Crippen LogP contribution in [0.25, 0.3) is 0 Å². The molecular formula is C9H17NO2. The summed E-state index contributed by atoms with van der Waals surface area (Å²) in [6, 6.07) is 0. The molecular weight excluding hydrogens is 154 g/mol. The van der Waals surface area contributed by atoms with Crippen LogP contribution >= 0.6 is 0 Å². The van der Waals surface area contributed by atoms with Crippen LogP contribution < -0.4 is 5.73 Å². The van der Waals surface area contributed by atoms with Crippen LogP contribution in [0.2, 0.25) is 0 Å². The summed E-state index contributed by atoms with van der Waals surface area (Å²) in [7, 11) is 0. The van der Waals surface area contributed by atoms with Gasteiger partial charge in [-0.25, -0.2) is 4.79 Å². The molecule has 0 amide bonds. The van der Waals surface area contributed by atoms with Gasteiger partial charge >= 0.3 is 5.97 Å². The number of rotatable bonds is 5. The summed E-state index contributed by atoms with van der Waals surface area (Å²) < 4.78 is 4.86. The Balaban J connectivity index is 3.39. The van der Waals surface area contributed by atoms with Crippen molar-refractivity contribution < 1.29 is 9.53 Å². The SMILES string of the molecule is CCCCCOC(=O)C=C(C)N. The first-order valence-corrected chi connectivity index (χ1v) is 4.27. The van der Waals surface area contributed by atoms with Crippen molar-refractivity contribution in [3.63, 3.8) is 0 Å². The standard InChI is InChI=1S/C9H17NO2/c1-3-4-5-6-12-9(11)7-8(2)10/h7H,3-6,10H2,1-2H3. The Labute approximate surface area is 73.6 Å². The average Bonchev–Trinajstić information content (AvgIpc) is 1.97. The molecule has 0 aliphatic carbocycles. The zero-order chi connectivity index (χ0) is 9.40. The van der Waals surface area contributed by atoms with Gasteiger partial charge in [-0.15, -0.1) is 0 Å². The second-order valence-electron chi connectivity index (χ2n) is 2.76. The van der Waals surface area contributed by atoms with E-state index in [-0.39, 0.29) is 5.97 Å². The van der Waals surface area contributed by atoms with E-state index in [4.69, 9.17) is 10.5 Å². The van der Waals surface area contributed by atoms with Gasteiger partial charge in [0.2, 0.25) is 0 Å². The average molecular weight is 171 g/mol. The molecule has 70 valence electrons. The fourth-order valence-electron chi connectivity index (χ4n) is 0.752. The molecule has 0 aromatic heterocycles. The Bertz CT molecular complexity index is 160. The van der Waals surface area contributed by atoms with Crippen LogP contribution in [0.1, 0.15) is 33.1 Å². The van der Waals surface area contributed by atoms with Gasteiger partial charge < -0.3 is 10.5 Å². The minimum absolute atomic E-state index is 0.342. The predicted octanol–water partition coefficient (Wildman–Crippen LogP) is 1.58. The molecule has 0 rings (SSSR count). The first-order valence-electron chi connectivity index (χ1n) is 4.27. The lowest BCUT2D eigenvalue weighted by Crippen LogP contribution is -2.05. The van der Waals surface area contributed by atoms with Crippen LogP contribution in [-0.2, 0) is 9.53 Å². The van der Waals surface area contributed by atoms with Crippen LogP contribution in [0.15, 0.2) is 11.8 Å². The number of nitrogens with two attached hydrogens (primary N) is 1. The normalized spacial score (nSPS) is 11.3. The van der Waals surface area contributed by atoms with Gasteiger partial charge in [-0.2, -0.15) is 0 Å². The number of hydrogen-bond acceptors (Lipinski definition) is 3. The summed E-state index contributed by atoms with van der Waals surface area (Å²) >= 11 is 0. The molecule has 0 atom stereocenters. The first-order chi connectivity index (χ1) is 5.66. The maximum atomic E-state index is 10.8. The molecule has 12 heavy (non-hydrogen) atoms. The molecule has 0 unspecified atom stereocenters. The maximum absolute atomic E-state index is 10.8. The largest absolute Gasteiger partial charge is 0.462 e. The lowest BCUT2D eigenvalue weighted by Gasteiger charge is -2.00. The monoisotopic (exact) mass is 171 g/mol.